The summed E-state index contributed by atoms with van der Waals surface area (Å²) in [7, 11) is -2.07. The number of benzene rings is 1. The molecule has 5 rings (SSSR count). The van der Waals surface area contributed by atoms with Crippen LogP contribution in [0.2, 0.25) is 18.1 Å². The summed E-state index contributed by atoms with van der Waals surface area (Å²) in [6, 6.07) is 11.5. The van der Waals surface area contributed by atoms with E-state index in [0.717, 1.165) is 16.8 Å². The van der Waals surface area contributed by atoms with E-state index in [1.165, 1.54) is 6.33 Å². The number of hydrogen-bond acceptors (Lipinski definition) is 11. The molecule has 0 radical (unpaired) electrons. The molecule has 0 saturated carbocycles. The SMILES string of the molecule is CCOCCn1nc(CO[Si](C)(C)C(C)(C)C)c2nc(N3CCN(C(=O)OCc4ccccc4)CC3)nc(Nc3ccncn3)c21. The summed E-state index contributed by atoms with van der Waals surface area (Å²) in [6.07, 6.45) is 2.84. The van der Waals surface area contributed by atoms with Gasteiger partial charge in [-0.15, -0.1) is 0 Å². The summed E-state index contributed by atoms with van der Waals surface area (Å²) in [5.41, 5.74) is 3.16. The molecular weight excluding hydrogens is 602 g/mol. The first-order chi connectivity index (χ1) is 22.1. The fourth-order valence-corrected chi connectivity index (χ4v) is 5.70. The Morgan fingerprint density at radius 1 is 1.02 bits per heavy atom. The second-order valence-corrected chi connectivity index (χ2v) is 17.5. The van der Waals surface area contributed by atoms with E-state index in [1.807, 2.05) is 41.9 Å². The van der Waals surface area contributed by atoms with Crippen molar-refractivity contribution in [3.05, 3.63) is 60.2 Å². The summed E-state index contributed by atoms with van der Waals surface area (Å²) in [6.45, 7) is 17.4. The van der Waals surface area contributed by atoms with Gasteiger partial charge in [0.25, 0.3) is 0 Å². The fraction of sp³-hybridized carbons (Fsp3) is 0.500. The second kappa shape index (κ2) is 14.5. The average molecular weight is 648 g/mol. The van der Waals surface area contributed by atoms with Gasteiger partial charge in [0.2, 0.25) is 5.95 Å². The van der Waals surface area contributed by atoms with Crippen LogP contribution in [0.4, 0.5) is 22.4 Å². The van der Waals surface area contributed by atoms with Crippen molar-refractivity contribution < 1.29 is 18.7 Å². The normalized spacial score (nSPS) is 14.1. The monoisotopic (exact) mass is 647 g/mol. The molecule has 1 aromatic carbocycles. The van der Waals surface area contributed by atoms with Crippen molar-refractivity contribution in [1.29, 1.82) is 0 Å². The van der Waals surface area contributed by atoms with Crippen LogP contribution >= 0.6 is 0 Å². The summed E-state index contributed by atoms with van der Waals surface area (Å²) in [4.78, 5) is 35.1. The maximum atomic E-state index is 12.8. The van der Waals surface area contributed by atoms with Gasteiger partial charge in [-0.3, -0.25) is 4.68 Å². The number of rotatable bonds is 12. The van der Waals surface area contributed by atoms with Crippen molar-refractivity contribution >= 4 is 43.0 Å². The Morgan fingerprint density at radius 2 is 1.78 bits per heavy atom. The van der Waals surface area contributed by atoms with Crippen molar-refractivity contribution in [3.63, 3.8) is 0 Å². The molecule has 1 N–H and O–H groups in total. The van der Waals surface area contributed by atoms with Crippen molar-refractivity contribution in [2.24, 2.45) is 0 Å². The van der Waals surface area contributed by atoms with Crippen LogP contribution in [0.25, 0.3) is 11.0 Å². The van der Waals surface area contributed by atoms with Gasteiger partial charge >= 0.3 is 6.09 Å². The molecule has 1 aliphatic heterocycles. The minimum Gasteiger partial charge on any atom is -0.445 e. The van der Waals surface area contributed by atoms with Gasteiger partial charge in [-0.05, 0) is 36.7 Å². The lowest BCUT2D eigenvalue weighted by atomic mass is 10.2. The summed E-state index contributed by atoms with van der Waals surface area (Å²) in [5.74, 6) is 1.72. The van der Waals surface area contributed by atoms with E-state index in [1.54, 1.807) is 17.2 Å². The number of nitrogens with zero attached hydrogens (tertiary/aromatic N) is 8. The first-order valence-corrected chi connectivity index (χ1v) is 18.7. The van der Waals surface area contributed by atoms with Crippen molar-refractivity contribution in [3.8, 4) is 0 Å². The largest absolute Gasteiger partial charge is 0.445 e. The van der Waals surface area contributed by atoms with E-state index >= 15 is 0 Å². The highest BCUT2D eigenvalue weighted by Gasteiger charge is 2.37. The average Bonchev–Trinajstić information content (AvgIpc) is 3.41. The Labute approximate surface area is 271 Å². The molecule has 246 valence electrons. The molecule has 3 aromatic heterocycles. The van der Waals surface area contributed by atoms with Crippen LogP contribution in [0.3, 0.4) is 0 Å². The summed E-state index contributed by atoms with van der Waals surface area (Å²) >= 11 is 0. The van der Waals surface area contributed by atoms with Crippen LogP contribution in [0, 0.1) is 0 Å². The molecule has 0 spiro atoms. The molecular formula is C32H45N9O4Si. The smallest absolute Gasteiger partial charge is 0.410 e. The van der Waals surface area contributed by atoms with Gasteiger partial charge in [-0.25, -0.2) is 19.7 Å². The van der Waals surface area contributed by atoms with Crippen LogP contribution in [0.15, 0.2) is 48.9 Å². The Balaban J connectivity index is 1.43. The molecule has 1 fully saturated rings. The number of anilines is 3. The molecule has 46 heavy (non-hydrogen) atoms. The number of fused-ring (bicyclic) bond motifs is 1. The van der Waals surface area contributed by atoms with E-state index in [0.29, 0.717) is 75.6 Å². The summed E-state index contributed by atoms with van der Waals surface area (Å²) < 4.78 is 19.8. The van der Waals surface area contributed by atoms with Crippen LogP contribution in [0.1, 0.15) is 39.0 Å². The molecule has 1 amide bonds. The third kappa shape index (κ3) is 7.98. The lowest BCUT2D eigenvalue weighted by Crippen LogP contribution is -2.49. The maximum absolute atomic E-state index is 12.8. The second-order valence-electron chi connectivity index (χ2n) is 12.7. The van der Waals surface area contributed by atoms with E-state index in [-0.39, 0.29) is 17.7 Å². The van der Waals surface area contributed by atoms with Crippen LogP contribution in [-0.4, -0.2) is 88.4 Å². The molecule has 13 nitrogen and oxygen atoms in total. The Hall–Kier alpha value is -4.14. The van der Waals surface area contributed by atoms with Gasteiger partial charge in [-0.1, -0.05) is 51.1 Å². The zero-order valence-corrected chi connectivity index (χ0v) is 28.7. The molecule has 4 aromatic rings. The number of carbonyl (C=O) groups is 1. The molecule has 0 bridgehead atoms. The lowest BCUT2D eigenvalue weighted by molar-refractivity contribution is 0.0941. The summed E-state index contributed by atoms with van der Waals surface area (Å²) in [5, 5.41) is 8.41. The van der Waals surface area contributed by atoms with Crippen LogP contribution < -0.4 is 10.2 Å². The highest BCUT2D eigenvalue weighted by molar-refractivity contribution is 6.74. The Kier molecular flexibility index (Phi) is 10.5. The molecule has 0 atom stereocenters. The lowest BCUT2D eigenvalue weighted by Gasteiger charge is -2.36. The van der Waals surface area contributed by atoms with Gasteiger partial charge in [0, 0.05) is 39.0 Å². The molecule has 0 unspecified atom stereocenters. The van der Waals surface area contributed by atoms with E-state index in [2.05, 4.69) is 54.0 Å². The highest BCUT2D eigenvalue weighted by atomic mass is 28.4. The van der Waals surface area contributed by atoms with Gasteiger partial charge in [0.1, 0.15) is 35.5 Å². The molecule has 14 heteroatoms. The number of nitrogens with one attached hydrogen (secondary N) is 1. The zero-order chi connectivity index (χ0) is 32.7. The molecule has 0 aliphatic carbocycles. The number of ether oxygens (including phenoxy) is 2. The molecule has 4 heterocycles. The van der Waals surface area contributed by atoms with Gasteiger partial charge in [0.15, 0.2) is 14.1 Å². The minimum atomic E-state index is -2.07. The van der Waals surface area contributed by atoms with Gasteiger partial charge in [-0.2, -0.15) is 10.1 Å². The Morgan fingerprint density at radius 3 is 2.46 bits per heavy atom. The number of amides is 1. The van der Waals surface area contributed by atoms with E-state index in [4.69, 9.17) is 29.0 Å². The van der Waals surface area contributed by atoms with Crippen molar-refractivity contribution in [2.45, 2.75) is 65.6 Å². The predicted octanol–water partition coefficient (Wildman–Crippen LogP) is 5.38. The van der Waals surface area contributed by atoms with E-state index in [9.17, 15) is 4.79 Å². The van der Waals surface area contributed by atoms with Crippen LogP contribution in [0.5, 0.6) is 0 Å². The maximum Gasteiger partial charge on any atom is 0.410 e. The van der Waals surface area contributed by atoms with Crippen molar-refractivity contribution in [2.75, 3.05) is 49.6 Å². The minimum absolute atomic E-state index is 0.0438. The molecule has 1 aliphatic rings. The fourth-order valence-electron chi connectivity index (χ4n) is 4.77. The zero-order valence-electron chi connectivity index (χ0n) is 27.7. The number of piperazine rings is 1. The topological polar surface area (TPSA) is 133 Å². The Bertz CT molecular complexity index is 1590. The van der Waals surface area contributed by atoms with Crippen LogP contribution in [-0.2, 0) is 33.7 Å². The van der Waals surface area contributed by atoms with Crippen molar-refractivity contribution in [1.82, 2.24) is 34.6 Å². The number of aromatic nitrogens is 6. The first-order valence-electron chi connectivity index (χ1n) is 15.8. The highest BCUT2D eigenvalue weighted by Crippen LogP contribution is 2.38. The molecule has 1 saturated heterocycles. The third-order valence-corrected chi connectivity index (χ3v) is 13.0. The number of hydrogen-bond donors (Lipinski definition) is 1. The first kappa shape index (κ1) is 33.2. The van der Waals surface area contributed by atoms with Gasteiger partial charge < -0.3 is 29.0 Å². The third-order valence-electron chi connectivity index (χ3n) is 8.53. The van der Waals surface area contributed by atoms with E-state index < -0.39 is 8.32 Å². The predicted molar refractivity (Wildman–Crippen MR) is 180 cm³/mol. The number of carbonyl (C=O) groups excluding carboxylic acids is 1. The standard InChI is InChI=1S/C32H45N9O4Si/c1-7-43-20-19-41-28-27(25(38-41)22-45-46(5,6)32(2,3)4)36-30(37-29(28)35-26-13-14-33-23-34-26)39-15-17-40(18-16-39)31(42)44-21-24-11-9-8-10-12-24/h8-14,23H,7,15-22H2,1-6H3,(H,33,34,35,36,37). The quantitative estimate of drug-likeness (QED) is 0.157. The van der Waals surface area contributed by atoms with Gasteiger partial charge in [0.05, 0.1) is 19.8 Å².